The molecule has 0 aliphatic carbocycles. The van der Waals surface area contributed by atoms with Crippen LogP contribution >= 0.6 is 0 Å². The summed E-state index contributed by atoms with van der Waals surface area (Å²) in [5.74, 6) is -5.70. The molecule has 0 radical (unpaired) electrons. The maximum atomic E-state index is 13.1. The second kappa shape index (κ2) is 10.4. The molecule has 3 rings (SSSR count). The molecule has 36 heavy (non-hydrogen) atoms. The minimum atomic E-state index is -1.34. The number of esters is 3. The van der Waals surface area contributed by atoms with Crippen LogP contribution in [0.15, 0.2) is 71.2 Å². The number of aromatic carboxylic acids is 1. The SMILES string of the molecule is COC(=O)C1=C(C(=O)OC)N(c2cc(C(=O)O)ccc2C(=O)OC)C(N)=C(C#N)C1c1ccccc1. The summed E-state index contributed by atoms with van der Waals surface area (Å²) in [6.45, 7) is 0. The molecule has 11 nitrogen and oxygen atoms in total. The first kappa shape index (κ1) is 25.5. The molecule has 1 heterocycles. The molecule has 0 bridgehead atoms. The Kier molecular flexibility index (Phi) is 7.40. The van der Waals surface area contributed by atoms with Gasteiger partial charge >= 0.3 is 23.9 Å². The summed E-state index contributed by atoms with van der Waals surface area (Å²) in [5.41, 5.74) is 5.28. The van der Waals surface area contributed by atoms with Gasteiger partial charge in [0.1, 0.15) is 11.5 Å². The third-order valence-corrected chi connectivity index (χ3v) is 5.50. The van der Waals surface area contributed by atoms with Crippen LogP contribution in [0.4, 0.5) is 5.69 Å². The Morgan fingerprint density at radius 3 is 2.08 bits per heavy atom. The number of carbonyl (C=O) groups excluding carboxylic acids is 3. The second-order valence-electron chi connectivity index (χ2n) is 7.36. The lowest BCUT2D eigenvalue weighted by Crippen LogP contribution is -2.41. The van der Waals surface area contributed by atoms with Crippen molar-refractivity contribution >= 4 is 29.6 Å². The van der Waals surface area contributed by atoms with Gasteiger partial charge in [-0.05, 0) is 23.8 Å². The number of nitrogens with two attached hydrogens (primary N) is 1. The van der Waals surface area contributed by atoms with E-state index in [0.717, 1.165) is 38.4 Å². The molecule has 0 aromatic heterocycles. The van der Waals surface area contributed by atoms with Crippen LogP contribution < -0.4 is 10.6 Å². The van der Waals surface area contributed by atoms with Crippen molar-refractivity contribution in [1.29, 1.82) is 5.26 Å². The molecule has 1 aliphatic rings. The highest BCUT2D eigenvalue weighted by Crippen LogP contribution is 2.44. The van der Waals surface area contributed by atoms with Gasteiger partial charge in [0.2, 0.25) is 0 Å². The summed E-state index contributed by atoms with van der Waals surface area (Å²) in [4.78, 5) is 51.5. The van der Waals surface area contributed by atoms with Crippen molar-refractivity contribution in [2.24, 2.45) is 5.73 Å². The van der Waals surface area contributed by atoms with Crippen molar-refractivity contribution < 1.29 is 38.5 Å². The first-order valence-electron chi connectivity index (χ1n) is 10.3. The normalized spacial score (nSPS) is 15.2. The van der Waals surface area contributed by atoms with Gasteiger partial charge in [-0.1, -0.05) is 30.3 Å². The summed E-state index contributed by atoms with van der Waals surface area (Å²) >= 11 is 0. The summed E-state index contributed by atoms with van der Waals surface area (Å²) < 4.78 is 14.7. The van der Waals surface area contributed by atoms with Gasteiger partial charge in [-0.25, -0.2) is 19.2 Å². The number of hydrogen-bond donors (Lipinski definition) is 2. The van der Waals surface area contributed by atoms with Crippen molar-refractivity contribution in [1.82, 2.24) is 0 Å². The lowest BCUT2D eigenvalue weighted by atomic mass is 9.80. The predicted octanol–water partition coefficient (Wildman–Crippen LogP) is 2.07. The number of rotatable bonds is 6. The Balaban J connectivity index is 2.52. The molecule has 11 heteroatoms. The highest BCUT2D eigenvalue weighted by Gasteiger charge is 2.44. The lowest BCUT2D eigenvalue weighted by molar-refractivity contribution is -0.139. The number of nitrogens with zero attached hydrogens (tertiary/aromatic N) is 2. The van der Waals surface area contributed by atoms with Gasteiger partial charge in [-0.2, -0.15) is 5.26 Å². The van der Waals surface area contributed by atoms with Crippen LogP contribution in [0.5, 0.6) is 0 Å². The van der Waals surface area contributed by atoms with E-state index in [9.17, 15) is 29.5 Å². The van der Waals surface area contributed by atoms with Crippen LogP contribution in [0, 0.1) is 11.3 Å². The van der Waals surface area contributed by atoms with E-state index < -0.39 is 35.5 Å². The number of ether oxygens (including phenoxy) is 3. The molecule has 184 valence electrons. The minimum absolute atomic E-state index is 0.147. The van der Waals surface area contributed by atoms with E-state index in [1.54, 1.807) is 30.3 Å². The van der Waals surface area contributed by atoms with Crippen LogP contribution in [0.2, 0.25) is 0 Å². The number of carboxylic acid groups (broad SMARTS) is 1. The van der Waals surface area contributed by atoms with Crippen molar-refractivity contribution in [3.8, 4) is 6.07 Å². The van der Waals surface area contributed by atoms with Crippen molar-refractivity contribution in [3.63, 3.8) is 0 Å². The largest absolute Gasteiger partial charge is 0.478 e. The number of benzene rings is 2. The van der Waals surface area contributed by atoms with Crippen LogP contribution in [-0.4, -0.2) is 50.3 Å². The molecule has 0 fully saturated rings. The van der Waals surface area contributed by atoms with E-state index in [1.165, 1.54) is 6.07 Å². The Labute approximate surface area is 205 Å². The van der Waals surface area contributed by atoms with Crippen LogP contribution in [0.1, 0.15) is 32.2 Å². The molecular weight excluding hydrogens is 470 g/mol. The molecule has 0 saturated carbocycles. The first-order valence-corrected chi connectivity index (χ1v) is 10.3. The number of methoxy groups -OCH3 is 3. The molecule has 1 atom stereocenters. The highest BCUT2D eigenvalue weighted by molar-refractivity contribution is 6.08. The molecule has 1 aliphatic heterocycles. The monoisotopic (exact) mass is 491 g/mol. The van der Waals surface area contributed by atoms with Gasteiger partial charge in [0.15, 0.2) is 0 Å². The predicted molar refractivity (Wildman–Crippen MR) is 124 cm³/mol. The topological polar surface area (TPSA) is 169 Å². The highest BCUT2D eigenvalue weighted by atomic mass is 16.5. The van der Waals surface area contributed by atoms with Crippen molar-refractivity contribution in [2.45, 2.75) is 5.92 Å². The van der Waals surface area contributed by atoms with E-state index in [1.807, 2.05) is 6.07 Å². The maximum absolute atomic E-state index is 13.1. The summed E-state index contributed by atoms with van der Waals surface area (Å²) in [7, 11) is 3.26. The van der Waals surface area contributed by atoms with Gasteiger partial charge in [0.05, 0.1) is 61.3 Å². The average molecular weight is 491 g/mol. The zero-order valence-electron chi connectivity index (χ0n) is 19.5. The smallest absolute Gasteiger partial charge is 0.355 e. The quantitative estimate of drug-likeness (QED) is 0.448. The molecule has 0 amide bonds. The zero-order valence-corrected chi connectivity index (χ0v) is 19.5. The van der Waals surface area contributed by atoms with Crippen molar-refractivity contribution in [2.75, 3.05) is 26.2 Å². The summed E-state index contributed by atoms with van der Waals surface area (Å²) in [6.07, 6.45) is 0. The standard InChI is InChI=1S/C25H21N3O8/c1-34-23(31)15-10-9-14(22(29)30)11-17(15)28-20(25(33)36-3)19(24(32)35-2)18(16(12-26)21(28)27)13-7-5-4-6-8-13/h4-11,18H,27H2,1-3H3,(H,29,30). The Hall–Kier alpha value is -5.11. The Morgan fingerprint density at radius 2 is 1.56 bits per heavy atom. The molecule has 3 N–H and O–H groups in total. The van der Waals surface area contributed by atoms with Crippen LogP contribution in [0.3, 0.4) is 0 Å². The van der Waals surface area contributed by atoms with Gasteiger partial charge < -0.3 is 25.1 Å². The number of nitriles is 1. The number of anilines is 1. The van der Waals surface area contributed by atoms with Crippen LogP contribution in [0.25, 0.3) is 0 Å². The fourth-order valence-corrected chi connectivity index (χ4v) is 3.90. The van der Waals surface area contributed by atoms with Crippen LogP contribution in [-0.2, 0) is 23.8 Å². The molecular formula is C25H21N3O8. The Morgan fingerprint density at radius 1 is 0.944 bits per heavy atom. The molecule has 2 aromatic rings. The Bertz CT molecular complexity index is 1360. The fourth-order valence-electron chi connectivity index (χ4n) is 3.90. The third kappa shape index (κ3) is 4.35. The fraction of sp³-hybridized carbons (Fsp3) is 0.160. The van der Waals surface area contributed by atoms with Crippen molar-refractivity contribution in [3.05, 3.63) is 87.9 Å². The number of hydrogen-bond acceptors (Lipinski definition) is 10. The van der Waals surface area contributed by atoms with Gasteiger partial charge in [-0.3, -0.25) is 4.90 Å². The molecule has 1 unspecified atom stereocenters. The second-order valence-corrected chi connectivity index (χ2v) is 7.36. The third-order valence-electron chi connectivity index (χ3n) is 5.50. The van der Waals surface area contributed by atoms with E-state index in [0.29, 0.717) is 5.56 Å². The van der Waals surface area contributed by atoms with E-state index in [4.69, 9.17) is 19.9 Å². The van der Waals surface area contributed by atoms with Gasteiger partial charge in [0, 0.05) is 0 Å². The van der Waals surface area contributed by atoms with E-state index >= 15 is 0 Å². The molecule has 0 spiro atoms. The average Bonchev–Trinajstić information content (AvgIpc) is 2.90. The number of allylic oxidation sites excluding steroid dienone is 1. The first-order chi connectivity index (χ1) is 17.2. The number of carbonyl (C=O) groups is 4. The maximum Gasteiger partial charge on any atom is 0.355 e. The lowest BCUT2D eigenvalue weighted by Gasteiger charge is -2.36. The van der Waals surface area contributed by atoms with E-state index in [2.05, 4.69) is 0 Å². The van der Waals surface area contributed by atoms with Gasteiger partial charge in [0.25, 0.3) is 0 Å². The summed E-state index contributed by atoms with van der Waals surface area (Å²) in [5, 5.41) is 19.6. The minimum Gasteiger partial charge on any atom is -0.478 e. The number of carboxylic acids is 1. The zero-order chi connectivity index (χ0) is 26.6. The molecule has 0 saturated heterocycles. The van der Waals surface area contributed by atoms with E-state index in [-0.39, 0.29) is 33.8 Å². The molecule has 2 aromatic carbocycles. The summed E-state index contributed by atoms with van der Waals surface area (Å²) in [6, 6.07) is 13.7. The van der Waals surface area contributed by atoms with Gasteiger partial charge in [-0.15, -0.1) is 0 Å².